The highest BCUT2D eigenvalue weighted by molar-refractivity contribution is 7.66. The van der Waals surface area contributed by atoms with Crippen molar-refractivity contribution in [3.63, 3.8) is 0 Å². The van der Waals surface area contributed by atoms with Crippen LogP contribution in [0.1, 0.15) is 17.2 Å². The normalized spacial score (nSPS) is 15.1. The van der Waals surface area contributed by atoms with Crippen LogP contribution in [0, 0.1) is 0 Å². The molecule has 156 valence electrons. The van der Waals surface area contributed by atoms with Gasteiger partial charge in [0.2, 0.25) is 0 Å². The maximum atomic E-state index is 12.3. The van der Waals surface area contributed by atoms with Crippen LogP contribution in [-0.2, 0) is 11.3 Å². The number of benzene rings is 4. The minimum atomic E-state index is -0.108. The zero-order valence-electron chi connectivity index (χ0n) is 17.2. The summed E-state index contributed by atoms with van der Waals surface area (Å²) in [6.07, 6.45) is 0. The van der Waals surface area contributed by atoms with Crippen molar-refractivity contribution >= 4 is 33.4 Å². The Morgan fingerprint density at radius 3 is 2.00 bits per heavy atom. The molecule has 1 atom stereocenters. The lowest BCUT2D eigenvalue weighted by Gasteiger charge is -2.34. The summed E-state index contributed by atoms with van der Waals surface area (Å²) in [5.41, 5.74) is 4.79. The number of hydrazine groups is 1. The second-order valence-corrected chi connectivity index (χ2v) is 7.80. The molecule has 1 heterocycles. The monoisotopic (exact) mass is 436 g/mol. The first-order chi connectivity index (χ1) is 15.9. The van der Waals surface area contributed by atoms with E-state index in [1.807, 2.05) is 102 Å². The van der Waals surface area contributed by atoms with Gasteiger partial charge in [-0.05, 0) is 35.9 Å². The standard InChI is InChI=1S/C26H20N4OS/c31-32-26(28-27-21-14-6-2-7-15-21)30-24-19-11-10-18-23(24)25(20-12-4-1-5-13-20)29(30)22-16-8-3-9-17-22/h1-19,25H. The van der Waals surface area contributed by atoms with Gasteiger partial charge in [0.25, 0.3) is 5.11 Å². The molecule has 5 rings (SSSR count). The number of fused-ring (bicyclic) bond motifs is 1. The van der Waals surface area contributed by atoms with Gasteiger partial charge in [-0.3, -0.25) is 5.01 Å². The van der Waals surface area contributed by atoms with E-state index >= 15 is 0 Å². The first-order valence-electron chi connectivity index (χ1n) is 10.3. The van der Waals surface area contributed by atoms with Gasteiger partial charge in [0.15, 0.2) is 0 Å². The fourth-order valence-corrected chi connectivity index (χ4v) is 4.29. The van der Waals surface area contributed by atoms with Crippen LogP contribution >= 0.6 is 0 Å². The largest absolute Gasteiger partial charge is 0.268 e. The topological polar surface area (TPSA) is 48.3 Å². The van der Waals surface area contributed by atoms with Crippen molar-refractivity contribution in [1.29, 1.82) is 0 Å². The molecule has 5 nitrogen and oxygen atoms in total. The molecule has 32 heavy (non-hydrogen) atoms. The summed E-state index contributed by atoms with van der Waals surface area (Å²) < 4.78 is 12.3. The fourth-order valence-electron chi connectivity index (χ4n) is 3.96. The first-order valence-corrected chi connectivity index (χ1v) is 11.0. The minimum absolute atomic E-state index is 0.108. The fraction of sp³-hybridized carbons (Fsp3) is 0.0385. The molecule has 4 aromatic rings. The molecule has 1 unspecified atom stereocenters. The lowest BCUT2D eigenvalue weighted by molar-refractivity contribution is 0.700. The second-order valence-electron chi connectivity index (χ2n) is 7.27. The number of hydrogen-bond donors (Lipinski definition) is 0. The molecule has 0 spiro atoms. The van der Waals surface area contributed by atoms with Gasteiger partial charge in [-0.2, -0.15) is 0 Å². The predicted octanol–water partition coefficient (Wildman–Crippen LogP) is 6.10. The third kappa shape index (κ3) is 3.72. The van der Waals surface area contributed by atoms with Crippen molar-refractivity contribution in [3.8, 4) is 0 Å². The van der Waals surface area contributed by atoms with Crippen molar-refractivity contribution in [2.75, 3.05) is 10.0 Å². The van der Waals surface area contributed by atoms with Crippen LogP contribution in [0.3, 0.4) is 0 Å². The van der Waals surface area contributed by atoms with Gasteiger partial charge in [0, 0.05) is 5.56 Å². The van der Waals surface area contributed by atoms with Crippen molar-refractivity contribution in [2.45, 2.75) is 6.04 Å². The summed E-state index contributed by atoms with van der Waals surface area (Å²) >= 11 is 0.336. The van der Waals surface area contributed by atoms with Gasteiger partial charge >= 0.3 is 0 Å². The molecule has 1 aliphatic rings. The Morgan fingerprint density at radius 1 is 0.719 bits per heavy atom. The van der Waals surface area contributed by atoms with Crippen LogP contribution in [0.5, 0.6) is 0 Å². The molecule has 1 aliphatic heterocycles. The van der Waals surface area contributed by atoms with Gasteiger partial charge < -0.3 is 0 Å². The Bertz CT molecular complexity index is 1290. The van der Waals surface area contributed by atoms with E-state index in [9.17, 15) is 4.21 Å². The lowest BCUT2D eigenvalue weighted by atomic mass is 9.98. The van der Waals surface area contributed by atoms with Crippen LogP contribution in [0.4, 0.5) is 17.1 Å². The summed E-state index contributed by atoms with van der Waals surface area (Å²) in [4.78, 5) is 0. The molecule has 0 aromatic heterocycles. The van der Waals surface area contributed by atoms with Gasteiger partial charge in [0.1, 0.15) is 17.3 Å². The number of para-hydroxylation sites is 2. The van der Waals surface area contributed by atoms with Gasteiger partial charge in [-0.1, -0.05) is 84.9 Å². The third-order valence-electron chi connectivity index (χ3n) is 5.32. The van der Waals surface area contributed by atoms with E-state index in [-0.39, 0.29) is 11.2 Å². The summed E-state index contributed by atoms with van der Waals surface area (Å²) in [5.74, 6) is 0. The van der Waals surface area contributed by atoms with Crippen LogP contribution in [-0.4, -0.2) is 9.32 Å². The van der Waals surface area contributed by atoms with E-state index in [1.54, 1.807) is 0 Å². The van der Waals surface area contributed by atoms with Gasteiger partial charge in [-0.15, -0.1) is 10.2 Å². The molecule has 0 aliphatic carbocycles. The molecular weight excluding hydrogens is 416 g/mol. The van der Waals surface area contributed by atoms with Crippen LogP contribution < -0.4 is 10.0 Å². The summed E-state index contributed by atoms with van der Waals surface area (Å²) in [7, 11) is 0. The molecule has 0 radical (unpaired) electrons. The van der Waals surface area contributed by atoms with E-state index in [1.165, 1.54) is 0 Å². The van der Waals surface area contributed by atoms with E-state index in [0.717, 1.165) is 22.5 Å². The number of nitrogens with zero attached hydrogens (tertiary/aromatic N) is 4. The summed E-state index contributed by atoms with van der Waals surface area (Å²) in [5, 5.41) is 12.9. The maximum Gasteiger partial charge on any atom is 0.268 e. The molecule has 0 saturated carbocycles. The summed E-state index contributed by atoms with van der Waals surface area (Å²) in [6.45, 7) is 0. The van der Waals surface area contributed by atoms with Gasteiger partial charge in [0.05, 0.1) is 17.1 Å². The quantitative estimate of drug-likeness (QED) is 0.288. The molecule has 6 heteroatoms. The van der Waals surface area contributed by atoms with Crippen molar-refractivity contribution in [2.24, 2.45) is 10.2 Å². The highest BCUT2D eigenvalue weighted by Crippen LogP contribution is 2.46. The molecule has 4 aromatic carbocycles. The smallest absolute Gasteiger partial charge is 0.267 e. The van der Waals surface area contributed by atoms with Crippen molar-refractivity contribution in [1.82, 2.24) is 0 Å². The average Bonchev–Trinajstić information content (AvgIpc) is 3.21. The van der Waals surface area contributed by atoms with Crippen molar-refractivity contribution < 1.29 is 4.21 Å². The van der Waals surface area contributed by atoms with Gasteiger partial charge in [-0.25, -0.2) is 9.22 Å². The second kappa shape index (κ2) is 8.99. The molecule has 0 fully saturated rings. The van der Waals surface area contributed by atoms with Crippen LogP contribution in [0.25, 0.3) is 0 Å². The highest BCUT2D eigenvalue weighted by atomic mass is 32.1. The number of rotatable bonds is 3. The van der Waals surface area contributed by atoms with Crippen LogP contribution in [0.2, 0.25) is 0 Å². The highest BCUT2D eigenvalue weighted by Gasteiger charge is 2.40. The molecule has 0 N–H and O–H groups in total. The molecular formula is C26H20N4OS. The van der Waals surface area contributed by atoms with E-state index in [0.29, 0.717) is 16.9 Å². The van der Waals surface area contributed by atoms with Crippen molar-refractivity contribution in [3.05, 3.63) is 126 Å². The Balaban J connectivity index is 1.67. The number of anilines is 2. The summed E-state index contributed by atoms with van der Waals surface area (Å²) in [6, 6.07) is 37.8. The third-order valence-corrected chi connectivity index (χ3v) is 5.72. The predicted molar refractivity (Wildman–Crippen MR) is 130 cm³/mol. The SMILES string of the molecule is O=S=C(N=Nc1ccccc1)N1c2ccccc2C(c2ccccc2)N1c1ccccc1. The number of hydrogen-bond acceptors (Lipinski definition) is 3. The Labute approximate surface area is 190 Å². The average molecular weight is 437 g/mol. The zero-order chi connectivity index (χ0) is 21.8. The number of azo groups is 1. The maximum absolute atomic E-state index is 12.3. The molecule has 0 saturated heterocycles. The molecule has 0 bridgehead atoms. The lowest BCUT2D eigenvalue weighted by Crippen LogP contribution is -2.44. The Hall–Kier alpha value is -4.03. The van der Waals surface area contributed by atoms with E-state index in [2.05, 4.69) is 33.4 Å². The van der Waals surface area contributed by atoms with Crippen LogP contribution in [0.15, 0.2) is 125 Å². The minimum Gasteiger partial charge on any atom is -0.267 e. The van der Waals surface area contributed by atoms with E-state index in [4.69, 9.17) is 0 Å². The zero-order valence-corrected chi connectivity index (χ0v) is 18.0. The first kappa shape index (κ1) is 19.9. The Kier molecular flexibility index (Phi) is 5.59. The van der Waals surface area contributed by atoms with E-state index < -0.39 is 0 Å². The molecule has 0 amide bonds. The Morgan fingerprint density at radius 2 is 1.31 bits per heavy atom.